The molecule has 1 heterocycles. The number of anilines is 1. The number of nitrogens with zero attached hydrogens (tertiary/aromatic N) is 2. The average molecular weight is 301 g/mol. The van der Waals surface area contributed by atoms with Gasteiger partial charge in [0.2, 0.25) is 0 Å². The first-order valence-corrected chi connectivity index (χ1v) is 7.18. The number of alkyl halides is 3. The maximum absolute atomic E-state index is 12.9. The zero-order chi connectivity index (χ0) is 15.5. The Balaban J connectivity index is 2.15. The highest BCUT2D eigenvalue weighted by molar-refractivity contribution is 5.49. The minimum absolute atomic E-state index is 0.506. The van der Waals surface area contributed by atoms with Crippen molar-refractivity contribution < 1.29 is 13.2 Å². The molecule has 0 saturated carbocycles. The number of nitrogens with one attached hydrogen (secondary N) is 1. The van der Waals surface area contributed by atoms with E-state index in [0.717, 1.165) is 38.7 Å². The van der Waals surface area contributed by atoms with Crippen molar-refractivity contribution in [2.75, 3.05) is 45.6 Å². The Morgan fingerprint density at radius 1 is 1.10 bits per heavy atom. The van der Waals surface area contributed by atoms with Crippen molar-refractivity contribution in [3.63, 3.8) is 0 Å². The molecule has 6 heteroatoms. The van der Waals surface area contributed by atoms with Crippen LogP contribution in [-0.4, -0.2) is 50.1 Å². The van der Waals surface area contributed by atoms with Crippen LogP contribution in [0, 0.1) is 0 Å². The average Bonchev–Trinajstić information content (AvgIpc) is 2.62. The first-order chi connectivity index (χ1) is 9.88. The lowest BCUT2D eigenvalue weighted by Gasteiger charge is -2.21. The Bertz CT molecular complexity index is 474. The Kier molecular flexibility index (Phi) is 5.11. The summed E-state index contributed by atoms with van der Waals surface area (Å²) in [5, 5.41) is 2.81. The van der Waals surface area contributed by atoms with E-state index in [2.05, 4.69) is 22.2 Å². The predicted molar refractivity (Wildman–Crippen MR) is 78.4 cm³/mol. The van der Waals surface area contributed by atoms with Crippen molar-refractivity contribution in [1.82, 2.24) is 9.80 Å². The summed E-state index contributed by atoms with van der Waals surface area (Å²) >= 11 is 0. The highest BCUT2D eigenvalue weighted by Gasteiger charge is 2.31. The molecule has 21 heavy (non-hydrogen) atoms. The molecule has 1 saturated heterocycles. The smallest absolute Gasteiger partial charge is 0.388 e. The number of hydrogen-bond acceptors (Lipinski definition) is 3. The van der Waals surface area contributed by atoms with Crippen molar-refractivity contribution in [2.24, 2.45) is 0 Å². The zero-order valence-electron chi connectivity index (χ0n) is 12.5. The van der Waals surface area contributed by atoms with Gasteiger partial charge in [0.05, 0.1) is 5.56 Å². The maximum atomic E-state index is 12.9. The zero-order valence-corrected chi connectivity index (χ0v) is 12.5. The quantitative estimate of drug-likeness (QED) is 0.926. The molecule has 0 unspecified atom stereocenters. The van der Waals surface area contributed by atoms with Gasteiger partial charge in [-0.25, -0.2) is 0 Å². The summed E-state index contributed by atoms with van der Waals surface area (Å²) in [7, 11) is 3.72. The number of likely N-dealkylation sites (N-methyl/N-ethyl adjacent to an activating group) is 1. The van der Waals surface area contributed by atoms with E-state index in [4.69, 9.17) is 0 Å². The van der Waals surface area contributed by atoms with Crippen molar-refractivity contribution in [1.29, 1.82) is 0 Å². The Morgan fingerprint density at radius 3 is 2.52 bits per heavy atom. The number of benzene rings is 1. The second kappa shape index (κ2) is 6.66. The van der Waals surface area contributed by atoms with Gasteiger partial charge in [0.15, 0.2) is 0 Å². The standard InChI is InChI=1S/C15H22F3N3/c1-19-14-9-12(8-13(10-14)15(16,17)18)11-21-5-3-4-20(2)6-7-21/h8-10,19H,3-7,11H2,1-2H3. The summed E-state index contributed by atoms with van der Waals surface area (Å²) in [6.07, 6.45) is -3.25. The van der Waals surface area contributed by atoms with Gasteiger partial charge in [0.25, 0.3) is 0 Å². The van der Waals surface area contributed by atoms with Crippen molar-refractivity contribution in [3.05, 3.63) is 29.3 Å². The molecule has 1 aromatic carbocycles. The molecular formula is C15H22F3N3. The number of halogens is 3. The molecule has 0 atom stereocenters. The summed E-state index contributed by atoms with van der Waals surface area (Å²) in [4.78, 5) is 4.48. The maximum Gasteiger partial charge on any atom is 0.416 e. The predicted octanol–water partition coefficient (Wildman–Crippen LogP) is 2.88. The third kappa shape index (κ3) is 4.61. The van der Waals surface area contributed by atoms with Gasteiger partial charge in [-0.1, -0.05) is 0 Å². The molecule has 1 fully saturated rings. The molecule has 0 bridgehead atoms. The molecule has 1 N–H and O–H groups in total. The van der Waals surface area contributed by atoms with Gasteiger partial charge in [-0.05, 0) is 50.3 Å². The van der Waals surface area contributed by atoms with Gasteiger partial charge in [-0.3, -0.25) is 4.90 Å². The Labute approximate surface area is 123 Å². The highest BCUT2D eigenvalue weighted by Crippen LogP contribution is 2.32. The minimum atomic E-state index is -4.30. The van der Waals surface area contributed by atoms with Gasteiger partial charge < -0.3 is 10.2 Å². The van der Waals surface area contributed by atoms with Crippen LogP contribution in [0.25, 0.3) is 0 Å². The molecule has 118 valence electrons. The van der Waals surface area contributed by atoms with Crippen molar-refractivity contribution >= 4 is 5.69 Å². The van der Waals surface area contributed by atoms with Gasteiger partial charge in [-0.15, -0.1) is 0 Å². The van der Waals surface area contributed by atoms with Crippen LogP contribution in [-0.2, 0) is 12.7 Å². The summed E-state index contributed by atoms with van der Waals surface area (Å²) in [5.74, 6) is 0. The van der Waals surface area contributed by atoms with Crippen LogP contribution in [0.1, 0.15) is 17.5 Å². The van der Waals surface area contributed by atoms with Crippen LogP contribution in [0.2, 0.25) is 0 Å². The molecule has 0 radical (unpaired) electrons. The molecule has 2 rings (SSSR count). The molecule has 1 aromatic rings. The second-order valence-electron chi connectivity index (χ2n) is 5.60. The molecule has 3 nitrogen and oxygen atoms in total. The summed E-state index contributed by atoms with van der Waals surface area (Å²) < 4.78 is 38.8. The van der Waals surface area contributed by atoms with Crippen LogP contribution in [0.3, 0.4) is 0 Å². The lowest BCUT2D eigenvalue weighted by molar-refractivity contribution is -0.137. The highest BCUT2D eigenvalue weighted by atomic mass is 19.4. The SMILES string of the molecule is CNc1cc(CN2CCCN(C)CC2)cc(C(F)(F)F)c1. The summed E-state index contributed by atoms with van der Waals surface area (Å²) in [5.41, 5.74) is 0.627. The fraction of sp³-hybridized carbons (Fsp3) is 0.600. The monoisotopic (exact) mass is 301 g/mol. The summed E-state index contributed by atoms with van der Waals surface area (Å²) in [6, 6.07) is 4.21. The van der Waals surface area contributed by atoms with E-state index in [-0.39, 0.29) is 0 Å². The van der Waals surface area contributed by atoms with Crippen LogP contribution in [0.4, 0.5) is 18.9 Å². The molecule has 1 aliphatic heterocycles. The van der Waals surface area contributed by atoms with E-state index in [9.17, 15) is 13.2 Å². The third-order valence-corrected chi connectivity index (χ3v) is 3.83. The van der Waals surface area contributed by atoms with Crippen LogP contribution < -0.4 is 5.32 Å². The van der Waals surface area contributed by atoms with Crippen molar-refractivity contribution in [3.8, 4) is 0 Å². The van der Waals surface area contributed by atoms with Crippen LogP contribution >= 0.6 is 0 Å². The van der Waals surface area contributed by atoms with E-state index in [1.807, 2.05) is 0 Å². The molecule has 0 aliphatic carbocycles. The molecule has 0 amide bonds. The first kappa shape index (κ1) is 16.1. The van der Waals surface area contributed by atoms with E-state index < -0.39 is 11.7 Å². The number of rotatable bonds is 3. The van der Waals surface area contributed by atoms with Gasteiger partial charge in [-0.2, -0.15) is 13.2 Å². The molecule has 0 spiro atoms. The largest absolute Gasteiger partial charge is 0.416 e. The van der Waals surface area contributed by atoms with E-state index in [0.29, 0.717) is 17.8 Å². The van der Waals surface area contributed by atoms with Crippen LogP contribution in [0.15, 0.2) is 18.2 Å². The number of hydrogen-bond donors (Lipinski definition) is 1. The third-order valence-electron chi connectivity index (χ3n) is 3.83. The topological polar surface area (TPSA) is 18.5 Å². The normalized spacial score (nSPS) is 18.5. The molecule has 1 aliphatic rings. The van der Waals surface area contributed by atoms with Crippen molar-refractivity contribution in [2.45, 2.75) is 19.1 Å². The molecule has 0 aromatic heterocycles. The lowest BCUT2D eigenvalue weighted by atomic mass is 10.1. The fourth-order valence-corrected chi connectivity index (χ4v) is 2.61. The van der Waals surface area contributed by atoms with Gasteiger partial charge in [0, 0.05) is 32.4 Å². The summed E-state index contributed by atoms with van der Waals surface area (Å²) in [6.45, 7) is 4.38. The molecular weight excluding hydrogens is 279 g/mol. The second-order valence-corrected chi connectivity index (χ2v) is 5.60. The Morgan fingerprint density at radius 2 is 1.86 bits per heavy atom. The van der Waals surface area contributed by atoms with E-state index in [1.165, 1.54) is 6.07 Å². The van der Waals surface area contributed by atoms with E-state index >= 15 is 0 Å². The Hall–Kier alpha value is -1.27. The minimum Gasteiger partial charge on any atom is -0.388 e. The van der Waals surface area contributed by atoms with Crippen LogP contribution in [0.5, 0.6) is 0 Å². The first-order valence-electron chi connectivity index (χ1n) is 7.18. The van der Waals surface area contributed by atoms with Gasteiger partial charge >= 0.3 is 6.18 Å². The fourth-order valence-electron chi connectivity index (χ4n) is 2.61. The van der Waals surface area contributed by atoms with E-state index in [1.54, 1.807) is 13.1 Å². The van der Waals surface area contributed by atoms with Gasteiger partial charge in [0.1, 0.15) is 0 Å². The lowest BCUT2D eigenvalue weighted by Crippen LogP contribution is -2.28.